The average molecular weight is 341 g/mol. The molecule has 2 atom stereocenters. The van der Waals surface area contributed by atoms with Gasteiger partial charge in [0.1, 0.15) is 0 Å². The molecule has 0 saturated carbocycles. The summed E-state index contributed by atoms with van der Waals surface area (Å²) in [5.74, 6) is -0.160. The summed E-state index contributed by atoms with van der Waals surface area (Å²) in [4.78, 5) is 0. The van der Waals surface area contributed by atoms with Crippen molar-refractivity contribution in [2.75, 3.05) is 0 Å². The Labute approximate surface area is 151 Å². The predicted molar refractivity (Wildman–Crippen MR) is 102 cm³/mol. The molecule has 0 amide bonds. The highest BCUT2D eigenvalue weighted by Gasteiger charge is 2.56. The number of pyridine rings is 1. The van der Waals surface area contributed by atoms with E-state index in [1.165, 1.54) is 29.5 Å². The van der Waals surface area contributed by atoms with Crippen molar-refractivity contribution >= 4 is 0 Å². The van der Waals surface area contributed by atoms with Gasteiger partial charge in [-0.3, -0.25) is 0 Å². The molecule has 1 aliphatic heterocycles. The Hall–Kier alpha value is -1.70. The van der Waals surface area contributed by atoms with Crippen molar-refractivity contribution < 1.29 is 8.96 Å². The molecule has 1 aromatic carbocycles. The Morgan fingerprint density at radius 3 is 2.40 bits per heavy atom. The molecule has 0 bridgehead atoms. The van der Waals surface area contributed by atoms with Crippen LogP contribution in [-0.4, -0.2) is 0 Å². The van der Waals surface area contributed by atoms with Crippen LogP contribution in [-0.2, 0) is 17.4 Å². The minimum absolute atomic E-state index is 0.0220. The van der Waals surface area contributed by atoms with Gasteiger partial charge >= 0.3 is 0 Å². The van der Waals surface area contributed by atoms with Gasteiger partial charge < -0.3 is 0 Å². The van der Waals surface area contributed by atoms with Crippen LogP contribution in [0.3, 0.4) is 0 Å². The number of halogens is 1. The van der Waals surface area contributed by atoms with Crippen LogP contribution in [0.25, 0.3) is 11.3 Å². The predicted octanol–water partition coefficient (Wildman–Crippen LogP) is 5.93. The normalized spacial score (nSPS) is 24.7. The van der Waals surface area contributed by atoms with Crippen molar-refractivity contribution in [1.82, 2.24) is 0 Å². The van der Waals surface area contributed by atoms with Crippen molar-refractivity contribution in [2.24, 2.45) is 0 Å². The zero-order valence-electron chi connectivity index (χ0n) is 16.3. The summed E-state index contributed by atoms with van der Waals surface area (Å²) in [6.07, 6.45) is 7.22. The quantitative estimate of drug-likeness (QED) is 0.594. The molecule has 1 aliphatic rings. The van der Waals surface area contributed by atoms with Crippen LogP contribution in [0.1, 0.15) is 71.4 Å². The first-order valence-corrected chi connectivity index (χ1v) is 9.76. The maximum Gasteiger partial charge on any atom is 0.213 e. The van der Waals surface area contributed by atoms with Crippen molar-refractivity contribution in [1.29, 1.82) is 0 Å². The Morgan fingerprint density at radius 1 is 1.00 bits per heavy atom. The molecule has 0 aliphatic carbocycles. The highest BCUT2D eigenvalue weighted by atomic mass is 19.1. The number of hydrogen-bond acceptors (Lipinski definition) is 0. The lowest BCUT2D eigenvalue weighted by Crippen LogP contribution is -2.67. The topological polar surface area (TPSA) is 3.88 Å². The number of fused-ring (bicyclic) bond motifs is 3. The first-order chi connectivity index (χ1) is 11.9. The van der Waals surface area contributed by atoms with Gasteiger partial charge in [-0.2, -0.15) is 4.57 Å². The molecule has 0 radical (unpaired) electrons. The van der Waals surface area contributed by atoms with Crippen molar-refractivity contribution in [2.45, 2.75) is 77.7 Å². The second-order valence-electron chi connectivity index (χ2n) is 7.90. The summed E-state index contributed by atoms with van der Waals surface area (Å²) < 4.78 is 16.3. The summed E-state index contributed by atoms with van der Waals surface area (Å²) in [5, 5.41) is 0. The molecule has 2 heteroatoms. The van der Waals surface area contributed by atoms with E-state index in [0.29, 0.717) is 0 Å². The number of aryl methyl sites for hydroxylation is 1. The van der Waals surface area contributed by atoms with Crippen molar-refractivity contribution in [3.63, 3.8) is 0 Å². The average Bonchev–Trinajstić information content (AvgIpc) is 2.64. The molecule has 2 heterocycles. The van der Waals surface area contributed by atoms with E-state index >= 15 is 0 Å². The van der Waals surface area contributed by atoms with Gasteiger partial charge in [0.25, 0.3) is 0 Å². The molecular weight excluding hydrogens is 309 g/mol. The zero-order chi connectivity index (χ0) is 18.2. The lowest BCUT2D eigenvalue weighted by molar-refractivity contribution is -0.766. The van der Waals surface area contributed by atoms with Gasteiger partial charge in [0.15, 0.2) is 11.4 Å². The Bertz CT molecular complexity index is 782. The van der Waals surface area contributed by atoms with Crippen LogP contribution in [0.5, 0.6) is 0 Å². The van der Waals surface area contributed by atoms with E-state index < -0.39 is 0 Å². The van der Waals surface area contributed by atoms with Crippen LogP contribution >= 0.6 is 0 Å². The third kappa shape index (κ3) is 2.61. The van der Waals surface area contributed by atoms with Crippen LogP contribution in [0, 0.1) is 5.82 Å². The SMILES string of the molecule is CCCCc1ccc2c(c1)-c1ccc(F)c[n+]1C(C)(CC)C2(C)CC. The van der Waals surface area contributed by atoms with Crippen LogP contribution in [0.15, 0.2) is 36.5 Å². The number of hydrogen-bond donors (Lipinski definition) is 0. The van der Waals surface area contributed by atoms with Gasteiger partial charge in [-0.1, -0.05) is 39.3 Å². The maximum atomic E-state index is 14.1. The summed E-state index contributed by atoms with van der Waals surface area (Å²) >= 11 is 0. The Morgan fingerprint density at radius 2 is 1.76 bits per heavy atom. The molecule has 0 saturated heterocycles. The van der Waals surface area contributed by atoms with E-state index in [4.69, 9.17) is 0 Å². The van der Waals surface area contributed by atoms with Gasteiger partial charge in [0.2, 0.25) is 11.9 Å². The Kier molecular flexibility index (Phi) is 4.74. The summed E-state index contributed by atoms with van der Waals surface area (Å²) in [7, 11) is 0. The van der Waals surface area contributed by atoms with E-state index in [1.54, 1.807) is 12.3 Å². The van der Waals surface area contributed by atoms with Gasteiger partial charge in [0.05, 0.1) is 11.0 Å². The lowest BCUT2D eigenvalue weighted by Gasteiger charge is -2.46. The third-order valence-corrected chi connectivity index (χ3v) is 6.80. The molecule has 25 heavy (non-hydrogen) atoms. The highest BCUT2D eigenvalue weighted by Crippen LogP contribution is 2.49. The minimum Gasteiger partial charge on any atom is -0.200 e. The molecule has 1 nitrogen and oxygen atoms in total. The van der Waals surface area contributed by atoms with E-state index in [1.807, 2.05) is 6.07 Å². The van der Waals surface area contributed by atoms with Crippen LogP contribution in [0.4, 0.5) is 4.39 Å². The van der Waals surface area contributed by atoms with Gasteiger partial charge in [0, 0.05) is 19.4 Å². The number of nitrogens with zero attached hydrogens (tertiary/aromatic N) is 1. The van der Waals surface area contributed by atoms with E-state index in [0.717, 1.165) is 25.0 Å². The third-order valence-electron chi connectivity index (χ3n) is 6.80. The molecule has 0 N–H and O–H groups in total. The number of unbranched alkanes of at least 4 members (excludes halogenated alkanes) is 1. The smallest absolute Gasteiger partial charge is 0.200 e. The lowest BCUT2D eigenvalue weighted by atomic mass is 9.60. The minimum atomic E-state index is -0.160. The highest BCUT2D eigenvalue weighted by molar-refractivity contribution is 5.66. The van der Waals surface area contributed by atoms with E-state index in [2.05, 4.69) is 57.4 Å². The van der Waals surface area contributed by atoms with Crippen molar-refractivity contribution in [3.8, 4) is 11.3 Å². The number of rotatable bonds is 5. The van der Waals surface area contributed by atoms with Crippen LogP contribution < -0.4 is 4.57 Å². The Balaban J connectivity index is 2.29. The monoisotopic (exact) mass is 340 g/mol. The molecule has 2 unspecified atom stereocenters. The first-order valence-electron chi connectivity index (χ1n) is 9.76. The molecule has 3 rings (SSSR count). The molecule has 0 fully saturated rings. The van der Waals surface area contributed by atoms with Gasteiger partial charge in [-0.15, -0.1) is 0 Å². The fourth-order valence-corrected chi connectivity index (χ4v) is 4.61. The fourth-order valence-electron chi connectivity index (χ4n) is 4.61. The molecule has 1 aromatic heterocycles. The van der Waals surface area contributed by atoms with Crippen molar-refractivity contribution in [3.05, 3.63) is 53.5 Å². The fraction of sp³-hybridized carbons (Fsp3) is 0.522. The van der Waals surface area contributed by atoms with E-state index in [9.17, 15) is 4.39 Å². The summed E-state index contributed by atoms with van der Waals surface area (Å²) in [6, 6.07) is 10.5. The molecule has 2 aromatic rings. The zero-order valence-corrected chi connectivity index (χ0v) is 16.3. The largest absolute Gasteiger partial charge is 0.213 e. The first kappa shape index (κ1) is 18.1. The standard InChI is InChI=1S/C23H31FN/c1-6-9-10-17-11-13-20-19(15-17)21-14-12-18(24)16-25(21)23(5,8-3)22(20,4)7-2/h11-16H,6-10H2,1-5H3/q+1. The van der Waals surface area contributed by atoms with E-state index in [-0.39, 0.29) is 16.8 Å². The maximum absolute atomic E-state index is 14.1. The second kappa shape index (κ2) is 6.55. The molecule has 0 spiro atoms. The summed E-state index contributed by atoms with van der Waals surface area (Å²) in [5.41, 5.74) is 5.05. The summed E-state index contributed by atoms with van der Waals surface area (Å²) in [6.45, 7) is 11.3. The second-order valence-corrected chi connectivity index (χ2v) is 7.90. The van der Waals surface area contributed by atoms with Gasteiger partial charge in [-0.05, 0) is 49.4 Å². The molecular formula is C23H31FN+. The molecule has 134 valence electrons. The number of benzene rings is 1. The van der Waals surface area contributed by atoms with Gasteiger partial charge in [-0.25, -0.2) is 4.39 Å². The number of aromatic nitrogens is 1. The van der Waals surface area contributed by atoms with Crippen LogP contribution in [0.2, 0.25) is 0 Å².